The van der Waals surface area contributed by atoms with Crippen molar-refractivity contribution in [2.24, 2.45) is 4.99 Å². The van der Waals surface area contributed by atoms with Crippen LogP contribution >= 0.6 is 22.7 Å². The number of thiophene rings is 1. The molecule has 5 nitrogen and oxygen atoms in total. The fourth-order valence-corrected chi connectivity index (χ4v) is 4.16. The Bertz CT molecular complexity index is 968. The summed E-state index contributed by atoms with van der Waals surface area (Å²) in [5, 5.41) is 1.97. The van der Waals surface area contributed by atoms with Gasteiger partial charge in [-0.15, -0.1) is 11.3 Å². The lowest BCUT2D eigenvalue weighted by Gasteiger charge is -2.05. The number of ether oxygens (including phenoxy) is 2. The fraction of sp³-hybridized carbons (Fsp3) is 0.263. The van der Waals surface area contributed by atoms with Crippen LogP contribution in [0.1, 0.15) is 11.8 Å². The highest BCUT2D eigenvalue weighted by Gasteiger charge is 2.08. The van der Waals surface area contributed by atoms with Gasteiger partial charge in [-0.3, -0.25) is 4.79 Å². The number of methoxy groups -OCH3 is 1. The van der Waals surface area contributed by atoms with Crippen molar-refractivity contribution in [1.29, 1.82) is 0 Å². The number of hydrogen-bond donors (Lipinski definition) is 0. The second-order valence-electron chi connectivity index (χ2n) is 5.37. The molecular weight excluding hydrogens is 368 g/mol. The van der Waals surface area contributed by atoms with Crippen molar-refractivity contribution in [2.75, 3.05) is 20.3 Å². The van der Waals surface area contributed by atoms with E-state index >= 15 is 0 Å². The number of thiazole rings is 1. The molecule has 1 aromatic carbocycles. The lowest BCUT2D eigenvalue weighted by Crippen LogP contribution is -2.19. The summed E-state index contributed by atoms with van der Waals surface area (Å²) in [6.45, 7) is 3.83. The number of amides is 1. The van der Waals surface area contributed by atoms with Gasteiger partial charge in [-0.2, -0.15) is 4.99 Å². The monoisotopic (exact) mass is 388 g/mol. The van der Waals surface area contributed by atoms with Crippen LogP contribution in [-0.4, -0.2) is 30.8 Å². The summed E-state index contributed by atoms with van der Waals surface area (Å²) in [5.74, 6) is 0.508. The maximum Gasteiger partial charge on any atom is 0.272 e. The first kappa shape index (κ1) is 18.6. The van der Waals surface area contributed by atoms with Gasteiger partial charge in [0.15, 0.2) is 4.80 Å². The summed E-state index contributed by atoms with van der Waals surface area (Å²) in [6, 6.07) is 9.77. The third-order valence-corrected chi connectivity index (χ3v) is 5.57. The standard InChI is InChI=1S/C19H20N2O3S2/c1-3-24-11-10-21-16-8-6-14(23-2)13-17(16)26-19(21)20-18(22)9-7-15-5-4-12-25-15/h4-9,12-13H,3,10-11H2,1-2H3/b9-7+,20-19?. The quantitative estimate of drug-likeness (QED) is 0.455. The van der Waals surface area contributed by atoms with Crippen molar-refractivity contribution in [1.82, 2.24) is 4.57 Å². The molecule has 0 fully saturated rings. The zero-order valence-corrected chi connectivity index (χ0v) is 16.3. The predicted molar refractivity (Wildman–Crippen MR) is 107 cm³/mol. The van der Waals surface area contributed by atoms with E-state index in [0.29, 0.717) is 24.6 Å². The molecule has 3 aromatic rings. The second kappa shape index (κ2) is 8.93. The number of nitrogens with zero attached hydrogens (tertiary/aromatic N) is 2. The van der Waals surface area contributed by atoms with Gasteiger partial charge < -0.3 is 14.0 Å². The van der Waals surface area contributed by atoms with Crippen LogP contribution < -0.4 is 9.54 Å². The van der Waals surface area contributed by atoms with Crippen molar-refractivity contribution in [3.05, 3.63) is 51.5 Å². The summed E-state index contributed by atoms with van der Waals surface area (Å²) < 4.78 is 13.8. The lowest BCUT2D eigenvalue weighted by molar-refractivity contribution is -0.113. The van der Waals surface area contributed by atoms with Gasteiger partial charge in [0, 0.05) is 24.1 Å². The highest BCUT2D eigenvalue weighted by atomic mass is 32.1. The van der Waals surface area contributed by atoms with Crippen LogP contribution in [0, 0.1) is 0 Å². The maximum absolute atomic E-state index is 12.3. The van der Waals surface area contributed by atoms with Crippen LogP contribution in [0.2, 0.25) is 0 Å². The average Bonchev–Trinajstić information content (AvgIpc) is 3.28. The first-order valence-corrected chi connectivity index (χ1v) is 9.96. The van der Waals surface area contributed by atoms with E-state index in [-0.39, 0.29) is 5.91 Å². The number of carbonyl (C=O) groups excluding carboxylic acids is 1. The highest BCUT2D eigenvalue weighted by Crippen LogP contribution is 2.23. The number of aromatic nitrogens is 1. The zero-order chi connectivity index (χ0) is 18.4. The molecule has 0 N–H and O–H groups in total. The Hall–Kier alpha value is -2.22. The Morgan fingerprint density at radius 2 is 2.23 bits per heavy atom. The van der Waals surface area contributed by atoms with Crippen LogP contribution in [0.4, 0.5) is 0 Å². The Labute approximate surface area is 159 Å². The zero-order valence-electron chi connectivity index (χ0n) is 14.7. The molecule has 0 spiro atoms. The first-order valence-electron chi connectivity index (χ1n) is 8.26. The number of fused-ring (bicyclic) bond motifs is 1. The van der Waals surface area contributed by atoms with E-state index in [0.717, 1.165) is 20.8 Å². The van der Waals surface area contributed by atoms with Crippen molar-refractivity contribution in [3.63, 3.8) is 0 Å². The molecule has 0 aliphatic heterocycles. The third-order valence-electron chi connectivity index (χ3n) is 3.69. The average molecular weight is 389 g/mol. The van der Waals surface area contributed by atoms with Crippen LogP contribution in [0.15, 0.2) is 46.8 Å². The minimum atomic E-state index is -0.276. The predicted octanol–water partition coefficient (Wildman–Crippen LogP) is 3.95. The largest absolute Gasteiger partial charge is 0.497 e. The van der Waals surface area contributed by atoms with Crippen LogP contribution in [0.25, 0.3) is 16.3 Å². The van der Waals surface area contributed by atoms with Gasteiger partial charge in [-0.1, -0.05) is 17.4 Å². The van der Waals surface area contributed by atoms with Crippen LogP contribution in [-0.2, 0) is 16.1 Å². The van der Waals surface area contributed by atoms with Crippen LogP contribution in [0.5, 0.6) is 5.75 Å². The number of carbonyl (C=O) groups is 1. The second-order valence-corrected chi connectivity index (χ2v) is 7.35. The number of hydrogen-bond acceptors (Lipinski definition) is 5. The molecule has 1 amide bonds. The van der Waals surface area contributed by atoms with Crippen molar-refractivity contribution < 1.29 is 14.3 Å². The highest BCUT2D eigenvalue weighted by molar-refractivity contribution is 7.16. The smallest absolute Gasteiger partial charge is 0.272 e. The molecule has 0 aliphatic rings. The van der Waals surface area contributed by atoms with E-state index in [4.69, 9.17) is 9.47 Å². The number of rotatable bonds is 7. The fourth-order valence-electron chi connectivity index (χ4n) is 2.45. The maximum atomic E-state index is 12.3. The molecule has 0 saturated heterocycles. The third kappa shape index (κ3) is 4.49. The molecule has 0 aliphatic carbocycles. The van der Waals surface area contributed by atoms with Gasteiger partial charge in [0.1, 0.15) is 5.75 Å². The van der Waals surface area contributed by atoms with E-state index in [1.165, 1.54) is 17.4 Å². The van der Waals surface area contributed by atoms with Gasteiger partial charge in [0.2, 0.25) is 0 Å². The Kier molecular flexibility index (Phi) is 6.38. The van der Waals surface area contributed by atoms with E-state index in [1.54, 1.807) is 24.5 Å². The topological polar surface area (TPSA) is 52.8 Å². The van der Waals surface area contributed by atoms with Crippen molar-refractivity contribution >= 4 is 44.9 Å². The molecule has 136 valence electrons. The summed E-state index contributed by atoms with van der Waals surface area (Å²) in [4.78, 5) is 18.3. The van der Waals surface area contributed by atoms with Crippen molar-refractivity contribution in [3.8, 4) is 5.75 Å². The molecule has 26 heavy (non-hydrogen) atoms. The SMILES string of the molecule is CCOCCn1c(=NC(=O)/C=C/c2cccs2)sc2cc(OC)ccc21. The Morgan fingerprint density at radius 3 is 2.96 bits per heavy atom. The molecule has 7 heteroatoms. The van der Waals surface area contributed by atoms with E-state index in [9.17, 15) is 4.79 Å². The molecular formula is C19H20N2O3S2. The molecule has 0 unspecified atom stereocenters. The molecule has 3 rings (SSSR count). The summed E-state index contributed by atoms with van der Waals surface area (Å²) >= 11 is 3.05. The van der Waals surface area contributed by atoms with Gasteiger partial charge in [-0.25, -0.2) is 0 Å². The molecule has 2 heterocycles. The Balaban J connectivity index is 1.96. The van der Waals surface area contributed by atoms with Crippen LogP contribution in [0.3, 0.4) is 0 Å². The molecule has 0 atom stereocenters. The van der Waals surface area contributed by atoms with E-state index in [2.05, 4.69) is 4.99 Å². The van der Waals surface area contributed by atoms with Gasteiger partial charge in [0.05, 0.1) is 23.9 Å². The Morgan fingerprint density at radius 1 is 1.35 bits per heavy atom. The summed E-state index contributed by atoms with van der Waals surface area (Å²) in [6.07, 6.45) is 3.29. The molecule has 0 radical (unpaired) electrons. The summed E-state index contributed by atoms with van der Waals surface area (Å²) in [5.41, 5.74) is 1.02. The van der Waals surface area contributed by atoms with Crippen molar-refractivity contribution in [2.45, 2.75) is 13.5 Å². The lowest BCUT2D eigenvalue weighted by atomic mass is 10.3. The minimum absolute atomic E-state index is 0.276. The van der Waals surface area contributed by atoms with Gasteiger partial charge >= 0.3 is 0 Å². The van der Waals surface area contributed by atoms with E-state index < -0.39 is 0 Å². The van der Waals surface area contributed by atoms with Gasteiger partial charge in [0.25, 0.3) is 5.91 Å². The molecule has 0 saturated carbocycles. The molecule has 2 aromatic heterocycles. The van der Waals surface area contributed by atoms with Gasteiger partial charge in [-0.05, 0) is 42.6 Å². The normalized spacial score (nSPS) is 12.3. The van der Waals surface area contributed by atoms with E-state index in [1.807, 2.05) is 47.2 Å². The summed E-state index contributed by atoms with van der Waals surface area (Å²) in [7, 11) is 1.64. The number of benzene rings is 1. The molecule has 0 bridgehead atoms. The first-order chi connectivity index (χ1) is 12.7. The minimum Gasteiger partial charge on any atom is -0.497 e.